The molecule has 1 aliphatic rings. The first kappa shape index (κ1) is 20.0. The van der Waals surface area contributed by atoms with Gasteiger partial charge in [0.15, 0.2) is 5.96 Å². The largest absolute Gasteiger partial charge is 0.496 e. The molecule has 3 N–H and O–H groups in total. The third kappa shape index (κ3) is 4.95. The summed E-state index contributed by atoms with van der Waals surface area (Å²) in [6.45, 7) is 2.70. The van der Waals surface area contributed by atoms with E-state index in [0.29, 0.717) is 12.5 Å². The summed E-state index contributed by atoms with van der Waals surface area (Å²) in [4.78, 5) is 7.14. The van der Waals surface area contributed by atoms with Gasteiger partial charge in [0.25, 0.3) is 0 Å². The Labute approximate surface area is 167 Å². The maximum absolute atomic E-state index is 6.19. The predicted molar refractivity (Wildman–Crippen MR) is 114 cm³/mol. The van der Waals surface area contributed by atoms with Crippen LogP contribution in [0.1, 0.15) is 30.9 Å². The van der Waals surface area contributed by atoms with E-state index in [4.69, 9.17) is 15.2 Å². The number of nitrogens with one attached hydrogen (secondary N) is 1. The Hall–Kier alpha value is -2.73. The minimum absolute atomic E-state index is 0.134. The highest BCUT2D eigenvalue weighted by Gasteiger charge is 2.24. The van der Waals surface area contributed by atoms with Crippen LogP contribution in [0.2, 0.25) is 0 Å². The van der Waals surface area contributed by atoms with Gasteiger partial charge in [-0.3, -0.25) is 9.89 Å². The number of nitrogens with two attached hydrogens (primary N) is 1. The van der Waals surface area contributed by atoms with Crippen LogP contribution in [0.15, 0.2) is 53.5 Å². The van der Waals surface area contributed by atoms with Gasteiger partial charge in [0, 0.05) is 5.56 Å². The number of benzene rings is 2. The van der Waals surface area contributed by atoms with Crippen LogP contribution in [0, 0.1) is 0 Å². The molecular formula is C22H30N4O2. The molecule has 1 fully saturated rings. The Balaban J connectivity index is 1.79. The Bertz CT molecular complexity index is 788. The summed E-state index contributed by atoms with van der Waals surface area (Å²) in [5, 5.41) is 3.15. The number of para-hydroxylation sites is 3. The van der Waals surface area contributed by atoms with Gasteiger partial charge in [-0.25, -0.2) is 0 Å². The molecule has 1 saturated heterocycles. The molecule has 0 bridgehead atoms. The monoisotopic (exact) mass is 382 g/mol. The molecule has 0 saturated carbocycles. The van der Waals surface area contributed by atoms with Crippen molar-refractivity contribution in [2.75, 3.05) is 39.2 Å². The average Bonchev–Trinajstić information content (AvgIpc) is 2.75. The minimum Gasteiger partial charge on any atom is -0.496 e. The normalized spacial score (nSPS) is 16.4. The Morgan fingerprint density at radius 1 is 1.00 bits per heavy atom. The van der Waals surface area contributed by atoms with E-state index in [2.05, 4.69) is 27.3 Å². The van der Waals surface area contributed by atoms with Gasteiger partial charge in [-0.1, -0.05) is 36.8 Å². The highest BCUT2D eigenvalue weighted by atomic mass is 16.5. The van der Waals surface area contributed by atoms with Crippen LogP contribution in [-0.4, -0.2) is 44.7 Å². The highest BCUT2D eigenvalue weighted by Crippen LogP contribution is 2.31. The minimum atomic E-state index is 0.134. The second kappa shape index (κ2) is 9.99. The van der Waals surface area contributed by atoms with Gasteiger partial charge in [0.2, 0.25) is 0 Å². The van der Waals surface area contributed by atoms with Crippen LogP contribution in [-0.2, 0) is 0 Å². The second-order valence-corrected chi connectivity index (χ2v) is 6.91. The number of nitrogens with zero attached hydrogens (tertiary/aromatic N) is 2. The predicted octanol–water partition coefficient (Wildman–Crippen LogP) is 3.66. The van der Waals surface area contributed by atoms with Crippen molar-refractivity contribution >= 4 is 11.6 Å². The fourth-order valence-corrected chi connectivity index (χ4v) is 3.69. The number of methoxy groups -OCH3 is 2. The molecule has 28 heavy (non-hydrogen) atoms. The van der Waals surface area contributed by atoms with Gasteiger partial charge < -0.3 is 20.5 Å². The van der Waals surface area contributed by atoms with E-state index in [9.17, 15) is 0 Å². The van der Waals surface area contributed by atoms with Crippen molar-refractivity contribution < 1.29 is 9.47 Å². The van der Waals surface area contributed by atoms with Crippen molar-refractivity contribution in [3.63, 3.8) is 0 Å². The van der Waals surface area contributed by atoms with E-state index in [-0.39, 0.29) is 6.04 Å². The SMILES string of the molecule is COc1ccccc1NC(N)=NCC(c1ccccc1OC)N1CCCCC1. The number of hydrogen-bond donors (Lipinski definition) is 2. The fraction of sp³-hybridized carbons (Fsp3) is 0.409. The molecular weight excluding hydrogens is 352 g/mol. The second-order valence-electron chi connectivity index (χ2n) is 6.91. The van der Waals surface area contributed by atoms with Gasteiger partial charge in [-0.15, -0.1) is 0 Å². The van der Waals surface area contributed by atoms with Crippen molar-refractivity contribution in [3.05, 3.63) is 54.1 Å². The van der Waals surface area contributed by atoms with Crippen molar-refractivity contribution in [1.29, 1.82) is 0 Å². The van der Waals surface area contributed by atoms with Gasteiger partial charge in [-0.2, -0.15) is 0 Å². The Morgan fingerprint density at radius 2 is 1.64 bits per heavy atom. The van der Waals surface area contributed by atoms with Gasteiger partial charge >= 0.3 is 0 Å². The molecule has 2 aromatic rings. The summed E-state index contributed by atoms with van der Waals surface area (Å²) in [6.07, 6.45) is 3.71. The summed E-state index contributed by atoms with van der Waals surface area (Å²) in [5.74, 6) is 2.00. The van der Waals surface area contributed by atoms with Crippen LogP contribution >= 0.6 is 0 Å². The molecule has 0 spiro atoms. The maximum atomic E-state index is 6.19. The first-order valence-corrected chi connectivity index (χ1v) is 9.80. The van der Waals surface area contributed by atoms with Crippen molar-refractivity contribution in [1.82, 2.24) is 4.90 Å². The number of ether oxygens (including phenoxy) is 2. The number of hydrogen-bond acceptors (Lipinski definition) is 4. The van der Waals surface area contributed by atoms with E-state index in [1.165, 1.54) is 19.3 Å². The van der Waals surface area contributed by atoms with Gasteiger partial charge in [0.1, 0.15) is 11.5 Å². The van der Waals surface area contributed by atoms with E-state index >= 15 is 0 Å². The van der Waals surface area contributed by atoms with Gasteiger partial charge in [0.05, 0.1) is 32.5 Å². The Morgan fingerprint density at radius 3 is 2.36 bits per heavy atom. The molecule has 6 nitrogen and oxygen atoms in total. The lowest BCUT2D eigenvalue weighted by Gasteiger charge is -2.34. The van der Waals surface area contributed by atoms with Crippen LogP contribution in [0.4, 0.5) is 5.69 Å². The fourth-order valence-electron chi connectivity index (χ4n) is 3.69. The first-order valence-electron chi connectivity index (χ1n) is 9.80. The summed E-state index contributed by atoms with van der Waals surface area (Å²) >= 11 is 0. The molecule has 3 rings (SSSR count). The summed E-state index contributed by atoms with van der Waals surface area (Å²) in [6, 6.07) is 16.0. The molecule has 1 unspecified atom stereocenters. The lowest BCUT2D eigenvalue weighted by atomic mass is 10.0. The third-order valence-corrected chi connectivity index (χ3v) is 5.13. The number of anilines is 1. The quantitative estimate of drug-likeness (QED) is 0.565. The molecule has 0 aromatic heterocycles. The molecule has 6 heteroatoms. The molecule has 0 aliphatic carbocycles. The van der Waals surface area contributed by atoms with Crippen molar-refractivity contribution in [2.24, 2.45) is 10.7 Å². The lowest BCUT2D eigenvalue weighted by molar-refractivity contribution is 0.165. The van der Waals surface area contributed by atoms with E-state index < -0.39 is 0 Å². The molecule has 2 aromatic carbocycles. The average molecular weight is 383 g/mol. The zero-order valence-corrected chi connectivity index (χ0v) is 16.7. The molecule has 1 heterocycles. The van der Waals surface area contributed by atoms with Gasteiger partial charge in [-0.05, 0) is 44.1 Å². The summed E-state index contributed by atoms with van der Waals surface area (Å²) in [5.41, 5.74) is 8.15. The van der Waals surface area contributed by atoms with Crippen LogP contribution in [0.5, 0.6) is 11.5 Å². The lowest BCUT2D eigenvalue weighted by Crippen LogP contribution is -2.36. The zero-order valence-electron chi connectivity index (χ0n) is 16.7. The zero-order chi connectivity index (χ0) is 19.8. The standard InChI is InChI=1S/C22H30N4O2/c1-27-20-12-6-4-10-17(20)19(26-14-8-3-9-15-26)16-24-22(23)25-18-11-5-7-13-21(18)28-2/h4-7,10-13,19H,3,8-9,14-16H2,1-2H3,(H3,23,24,25). The molecule has 1 atom stereocenters. The number of piperidine rings is 1. The molecule has 1 aliphatic heterocycles. The van der Waals surface area contributed by atoms with Crippen molar-refractivity contribution in [3.8, 4) is 11.5 Å². The number of rotatable bonds is 7. The Kier molecular flexibility index (Phi) is 7.14. The van der Waals surface area contributed by atoms with Crippen molar-refractivity contribution in [2.45, 2.75) is 25.3 Å². The first-order chi connectivity index (χ1) is 13.7. The topological polar surface area (TPSA) is 72.1 Å². The van der Waals surface area contributed by atoms with Crippen LogP contribution in [0.25, 0.3) is 0 Å². The number of guanidine groups is 1. The van der Waals surface area contributed by atoms with E-state index in [0.717, 1.165) is 35.8 Å². The highest BCUT2D eigenvalue weighted by molar-refractivity contribution is 5.93. The smallest absolute Gasteiger partial charge is 0.193 e. The number of likely N-dealkylation sites (tertiary alicyclic amines) is 1. The molecule has 0 amide bonds. The maximum Gasteiger partial charge on any atom is 0.193 e. The number of aliphatic imine (C=N–C) groups is 1. The van der Waals surface area contributed by atoms with Crippen LogP contribution < -0.4 is 20.5 Å². The summed E-state index contributed by atoms with van der Waals surface area (Å²) in [7, 11) is 3.36. The van der Waals surface area contributed by atoms with Crippen LogP contribution in [0.3, 0.4) is 0 Å². The molecule has 150 valence electrons. The van der Waals surface area contributed by atoms with E-state index in [1.807, 2.05) is 36.4 Å². The third-order valence-electron chi connectivity index (χ3n) is 5.13. The summed E-state index contributed by atoms with van der Waals surface area (Å²) < 4.78 is 11.0. The van der Waals surface area contributed by atoms with E-state index in [1.54, 1.807) is 14.2 Å². The molecule has 0 radical (unpaired) electrons.